The van der Waals surface area contributed by atoms with Crippen LogP contribution in [0.4, 0.5) is 0 Å². The number of hydrogen-bond donors (Lipinski definition) is 0. The summed E-state index contributed by atoms with van der Waals surface area (Å²) in [6.07, 6.45) is 4.80. The summed E-state index contributed by atoms with van der Waals surface area (Å²) in [5, 5.41) is 8.82. The zero-order valence-corrected chi connectivity index (χ0v) is 11.8. The fourth-order valence-electron chi connectivity index (χ4n) is 2.22. The van der Waals surface area contributed by atoms with Gasteiger partial charge >= 0.3 is 0 Å². The van der Waals surface area contributed by atoms with E-state index in [2.05, 4.69) is 35.0 Å². The van der Waals surface area contributed by atoms with Gasteiger partial charge in [-0.1, -0.05) is 19.1 Å². The summed E-state index contributed by atoms with van der Waals surface area (Å²) in [6.45, 7) is 5.08. The molecule has 0 fully saturated rings. The first-order valence-corrected chi connectivity index (χ1v) is 6.92. The molecule has 2 rings (SSSR count). The van der Waals surface area contributed by atoms with Crippen molar-refractivity contribution in [3.63, 3.8) is 0 Å². The quantitative estimate of drug-likeness (QED) is 0.804. The predicted octanol–water partition coefficient (Wildman–Crippen LogP) is 3.37. The number of nitrogens with zero attached hydrogens (tertiary/aromatic N) is 3. The van der Waals surface area contributed by atoms with E-state index in [1.807, 2.05) is 36.7 Å². The van der Waals surface area contributed by atoms with Gasteiger partial charge in [0.2, 0.25) is 0 Å². The monoisotopic (exact) mass is 265 g/mol. The van der Waals surface area contributed by atoms with Gasteiger partial charge in [0.1, 0.15) is 0 Å². The highest BCUT2D eigenvalue weighted by Crippen LogP contribution is 2.11. The van der Waals surface area contributed by atoms with E-state index in [0.717, 1.165) is 26.1 Å². The Kier molecular flexibility index (Phi) is 5.28. The molecule has 0 aliphatic rings. The molecule has 0 aliphatic carbocycles. The van der Waals surface area contributed by atoms with Crippen LogP contribution in [0.25, 0.3) is 0 Å². The number of nitriles is 1. The number of rotatable bonds is 6. The van der Waals surface area contributed by atoms with Crippen molar-refractivity contribution in [1.29, 1.82) is 5.26 Å². The molecule has 0 amide bonds. The van der Waals surface area contributed by atoms with Crippen LogP contribution in [0, 0.1) is 11.3 Å². The molecule has 0 unspecified atom stereocenters. The van der Waals surface area contributed by atoms with Crippen LogP contribution in [0.15, 0.2) is 48.8 Å². The number of hydrogen-bond acceptors (Lipinski definition) is 3. The van der Waals surface area contributed by atoms with Crippen LogP contribution < -0.4 is 0 Å². The van der Waals surface area contributed by atoms with Gasteiger partial charge in [0.15, 0.2) is 0 Å². The lowest BCUT2D eigenvalue weighted by Crippen LogP contribution is -2.23. The Bertz CT molecular complexity index is 555. The van der Waals surface area contributed by atoms with Gasteiger partial charge in [0.25, 0.3) is 0 Å². The molecule has 0 saturated carbocycles. The second-order valence-electron chi connectivity index (χ2n) is 4.87. The highest BCUT2D eigenvalue weighted by Gasteiger charge is 2.06. The van der Waals surface area contributed by atoms with Crippen molar-refractivity contribution in [2.24, 2.45) is 0 Å². The molecule has 0 N–H and O–H groups in total. The van der Waals surface area contributed by atoms with Crippen molar-refractivity contribution in [3.8, 4) is 6.07 Å². The zero-order chi connectivity index (χ0) is 14.2. The van der Waals surface area contributed by atoms with Gasteiger partial charge in [-0.15, -0.1) is 0 Å². The third kappa shape index (κ3) is 4.18. The third-order valence-corrected chi connectivity index (χ3v) is 3.18. The summed E-state index contributed by atoms with van der Waals surface area (Å²) in [5.74, 6) is 0. The van der Waals surface area contributed by atoms with E-state index in [0.29, 0.717) is 5.56 Å². The lowest BCUT2D eigenvalue weighted by atomic mass is 10.1. The second-order valence-corrected chi connectivity index (χ2v) is 4.87. The van der Waals surface area contributed by atoms with Gasteiger partial charge in [-0.25, -0.2) is 0 Å². The van der Waals surface area contributed by atoms with Crippen LogP contribution in [0.2, 0.25) is 0 Å². The maximum absolute atomic E-state index is 8.82. The minimum absolute atomic E-state index is 0.713. The minimum atomic E-state index is 0.713. The molecule has 0 spiro atoms. The van der Waals surface area contributed by atoms with Gasteiger partial charge in [-0.2, -0.15) is 5.26 Å². The largest absolute Gasteiger partial charge is 0.295 e. The molecule has 0 saturated heterocycles. The number of benzene rings is 1. The molecule has 102 valence electrons. The van der Waals surface area contributed by atoms with Gasteiger partial charge in [-0.05, 0) is 48.4 Å². The van der Waals surface area contributed by atoms with Gasteiger partial charge < -0.3 is 0 Å². The van der Waals surface area contributed by atoms with E-state index in [1.165, 1.54) is 11.1 Å². The van der Waals surface area contributed by atoms with Crippen molar-refractivity contribution in [2.75, 3.05) is 6.54 Å². The Balaban J connectivity index is 2.03. The van der Waals surface area contributed by atoms with Crippen molar-refractivity contribution in [3.05, 3.63) is 65.5 Å². The molecule has 1 aromatic carbocycles. The summed E-state index contributed by atoms with van der Waals surface area (Å²) >= 11 is 0. The van der Waals surface area contributed by atoms with E-state index in [4.69, 9.17) is 5.26 Å². The molecule has 0 bridgehead atoms. The lowest BCUT2D eigenvalue weighted by molar-refractivity contribution is 0.257. The van der Waals surface area contributed by atoms with Crippen molar-refractivity contribution >= 4 is 0 Å². The third-order valence-electron chi connectivity index (χ3n) is 3.18. The molecule has 1 aromatic heterocycles. The number of aromatic nitrogens is 1. The lowest BCUT2D eigenvalue weighted by Gasteiger charge is -2.21. The average molecular weight is 265 g/mol. The number of pyridine rings is 1. The molecule has 1 heterocycles. The molecule has 0 aliphatic heterocycles. The first-order valence-electron chi connectivity index (χ1n) is 6.92. The van der Waals surface area contributed by atoms with Crippen LogP contribution in [-0.2, 0) is 13.1 Å². The Morgan fingerprint density at radius 1 is 1.00 bits per heavy atom. The fourth-order valence-corrected chi connectivity index (χ4v) is 2.22. The van der Waals surface area contributed by atoms with Crippen LogP contribution in [0.3, 0.4) is 0 Å². The highest BCUT2D eigenvalue weighted by atomic mass is 15.1. The molecule has 0 radical (unpaired) electrons. The minimum Gasteiger partial charge on any atom is -0.295 e. The Labute approximate surface area is 120 Å². The van der Waals surface area contributed by atoms with E-state index in [9.17, 15) is 0 Å². The molecule has 2 aromatic rings. The van der Waals surface area contributed by atoms with Gasteiger partial charge in [-0.3, -0.25) is 9.88 Å². The first kappa shape index (κ1) is 14.2. The second kappa shape index (κ2) is 7.42. The molecular formula is C17H19N3. The fraction of sp³-hybridized carbons (Fsp3) is 0.294. The van der Waals surface area contributed by atoms with E-state index in [-0.39, 0.29) is 0 Å². The van der Waals surface area contributed by atoms with Crippen LogP contribution in [-0.4, -0.2) is 16.4 Å². The SMILES string of the molecule is CCCN(Cc1ccncc1)Cc1ccc(C#N)cc1. The maximum Gasteiger partial charge on any atom is 0.0991 e. The van der Waals surface area contributed by atoms with E-state index >= 15 is 0 Å². The van der Waals surface area contributed by atoms with Crippen LogP contribution in [0.5, 0.6) is 0 Å². The molecule has 3 nitrogen and oxygen atoms in total. The molecule has 20 heavy (non-hydrogen) atoms. The average Bonchev–Trinajstić information content (AvgIpc) is 2.49. The van der Waals surface area contributed by atoms with Crippen molar-refractivity contribution in [1.82, 2.24) is 9.88 Å². The van der Waals surface area contributed by atoms with Gasteiger partial charge in [0.05, 0.1) is 11.6 Å². The normalized spacial score (nSPS) is 10.4. The summed E-state index contributed by atoms with van der Waals surface area (Å²) in [7, 11) is 0. The molecule has 3 heteroatoms. The Hall–Kier alpha value is -2.18. The zero-order valence-electron chi connectivity index (χ0n) is 11.8. The summed E-state index contributed by atoms with van der Waals surface area (Å²) < 4.78 is 0. The summed E-state index contributed by atoms with van der Waals surface area (Å²) in [4.78, 5) is 6.47. The van der Waals surface area contributed by atoms with Gasteiger partial charge in [0, 0.05) is 25.5 Å². The maximum atomic E-state index is 8.82. The van der Waals surface area contributed by atoms with E-state index < -0.39 is 0 Å². The molecular weight excluding hydrogens is 246 g/mol. The van der Waals surface area contributed by atoms with Crippen LogP contribution in [0.1, 0.15) is 30.0 Å². The van der Waals surface area contributed by atoms with Crippen LogP contribution >= 0.6 is 0 Å². The summed E-state index contributed by atoms with van der Waals surface area (Å²) in [6, 6.07) is 14.1. The first-order chi connectivity index (χ1) is 9.81. The van der Waals surface area contributed by atoms with Crippen molar-refractivity contribution < 1.29 is 0 Å². The Morgan fingerprint density at radius 3 is 2.15 bits per heavy atom. The standard InChI is InChI=1S/C17H19N3/c1-2-11-20(14-17-7-9-19-10-8-17)13-16-5-3-15(12-18)4-6-16/h3-10H,2,11,13-14H2,1H3. The van der Waals surface area contributed by atoms with E-state index in [1.54, 1.807) is 0 Å². The Morgan fingerprint density at radius 2 is 1.60 bits per heavy atom. The predicted molar refractivity (Wildman–Crippen MR) is 79.8 cm³/mol. The highest BCUT2D eigenvalue weighted by molar-refractivity contribution is 5.31. The topological polar surface area (TPSA) is 39.9 Å². The van der Waals surface area contributed by atoms with Crippen molar-refractivity contribution in [2.45, 2.75) is 26.4 Å². The summed E-state index contributed by atoms with van der Waals surface area (Å²) in [5.41, 5.74) is 3.23. The molecule has 0 atom stereocenters. The smallest absolute Gasteiger partial charge is 0.0991 e.